The van der Waals surface area contributed by atoms with Crippen LogP contribution in [0.15, 0.2) is 18.2 Å². The molecular weight excluding hydrogens is 266 g/mol. The molecule has 3 unspecified atom stereocenters. The lowest BCUT2D eigenvalue weighted by Gasteiger charge is -2.42. The Morgan fingerprint density at radius 1 is 1.21 bits per heavy atom. The zero-order valence-corrected chi connectivity index (χ0v) is 12.5. The van der Waals surface area contributed by atoms with E-state index in [-0.39, 0.29) is 22.9 Å². The van der Waals surface area contributed by atoms with Crippen molar-refractivity contribution in [3.8, 4) is 0 Å². The van der Waals surface area contributed by atoms with Crippen LogP contribution in [0.1, 0.15) is 45.6 Å². The number of rotatable bonds is 2. The minimum Gasteiger partial charge on any atom is -0.207 e. The molecule has 0 amide bonds. The molecule has 19 heavy (non-hydrogen) atoms. The molecule has 0 heterocycles. The molecule has 0 aliphatic heterocycles. The molecule has 0 saturated heterocycles. The predicted molar refractivity (Wildman–Crippen MR) is 75.5 cm³/mol. The number of hydrogen-bond acceptors (Lipinski definition) is 0. The van der Waals surface area contributed by atoms with Gasteiger partial charge in [-0.15, -0.1) is 11.6 Å². The third-order valence-corrected chi connectivity index (χ3v) is 5.07. The molecule has 1 aliphatic rings. The normalized spacial score (nSPS) is 28.4. The van der Waals surface area contributed by atoms with Gasteiger partial charge in [0.25, 0.3) is 0 Å². The topological polar surface area (TPSA) is 0 Å². The Morgan fingerprint density at radius 2 is 1.89 bits per heavy atom. The second-order valence-corrected chi connectivity index (χ2v) is 6.95. The number of hydrogen-bond donors (Lipinski definition) is 0. The molecule has 106 valence electrons. The largest absolute Gasteiger partial charge is 0.207 e. The third kappa shape index (κ3) is 2.94. The van der Waals surface area contributed by atoms with Crippen molar-refractivity contribution in [2.75, 3.05) is 0 Å². The molecule has 0 radical (unpaired) electrons. The molecule has 0 spiro atoms. The summed E-state index contributed by atoms with van der Waals surface area (Å²) in [6.07, 6.45) is 3.03. The number of benzene rings is 1. The van der Waals surface area contributed by atoms with Gasteiger partial charge in [-0.2, -0.15) is 0 Å². The lowest BCUT2D eigenvalue weighted by molar-refractivity contribution is 0.203. The summed E-state index contributed by atoms with van der Waals surface area (Å²) in [6.45, 7) is 6.14. The van der Waals surface area contributed by atoms with Crippen LogP contribution < -0.4 is 0 Å². The summed E-state index contributed by atoms with van der Waals surface area (Å²) in [4.78, 5) is 0. The summed E-state index contributed by atoms with van der Waals surface area (Å²) in [6, 6.07) is 3.69. The standard InChI is InChI=1S/C16H21ClF2/c1-10-4-6-12(14(17)8-10)16(2,3)13-9-11(18)5-7-15(13)19/h5,7,9-10,12,14H,4,6,8H2,1-3H3. The van der Waals surface area contributed by atoms with E-state index < -0.39 is 5.41 Å². The average molecular weight is 287 g/mol. The highest BCUT2D eigenvalue weighted by Gasteiger charge is 2.40. The SMILES string of the molecule is CC1CCC(C(C)(C)c2cc(F)ccc2F)C(Cl)C1. The van der Waals surface area contributed by atoms with Crippen molar-refractivity contribution in [3.63, 3.8) is 0 Å². The smallest absolute Gasteiger partial charge is 0.127 e. The quantitative estimate of drug-likeness (QED) is 0.648. The maximum absolute atomic E-state index is 14.0. The van der Waals surface area contributed by atoms with Crippen molar-refractivity contribution < 1.29 is 8.78 Å². The summed E-state index contributed by atoms with van der Waals surface area (Å²) in [5, 5.41) is 0.0291. The van der Waals surface area contributed by atoms with Crippen LogP contribution in [0.25, 0.3) is 0 Å². The van der Waals surface area contributed by atoms with Gasteiger partial charge in [-0.25, -0.2) is 8.78 Å². The van der Waals surface area contributed by atoms with Crippen LogP contribution >= 0.6 is 11.6 Å². The first-order valence-electron chi connectivity index (χ1n) is 6.92. The van der Waals surface area contributed by atoms with E-state index in [9.17, 15) is 8.78 Å². The highest BCUT2D eigenvalue weighted by molar-refractivity contribution is 6.20. The van der Waals surface area contributed by atoms with Gasteiger partial charge in [0, 0.05) is 5.38 Å². The Morgan fingerprint density at radius 3 is 2.53 bits per heavy atom. The summed E-state index contributed by atoms with van der Waals surface area (Å²) in [5.74, 6) is 0.0715. The fourth-order valence-electron chi connectivity index (χ4n) is 3.32. The molecule has 1 saturated carbocycles. The van der Waals surface area contributed by atoms with Gasteiger partial charge < -0.3 is 0 Å². The molecular formula is C16H21ClF2. The average Bonchev–Trinajstić information content (AvgIpc) is 2.31. The zero-order valence-electron chi connectivity index (χ0n) is 11.7. The molecule has 1 fully saturated rings. The summed E-state index contributed by atoms with van der Waals surface area (Å²) in [7, 11) is 0. The summed E-state index contributed by atoms with van der Waals surface area (Å²) >= 11 is 6.49. The second kappa shape index (κ2) is 5.40. The molecule has 2 rings (SSSR count). The fraction of sp³-hybridized carbons (Fsp3) is 0.625. The molecule has 0 aromatic heterocycles. The first-order chi connectivity index (χ1) is 8.82. The first-order valence-corrected chi connectivity index (χ1v) is 7.35. The molecule has 1 aromatic rings. The van der Waals surface area contributed by atoms with Gasteiger partial charge in [0.2, 0.25) is 0 Å². The molecule has 3 atom stereocenters. The van der Waals surface area contributed by atoms with Crippen LogP contribution in [-0.4, -0.2) is 5.38 Å². The molecule has 1 aliphatic carbocycles. The minimum atomic E-state index is -0.446. The van der Waals surface area contributed by atoms with Gasteiger partial charge in [0.1, 0.15) is 11.6 Å². The van der Waals surface area contributed by atoms with Crippen LogP contribution in [0.3, 0.4) is 0 Å². The maximum Gasteiger partial charge on any atom is 0.127 e. The fourth-order valence-corrected chi connectivity index (χ4v) is 4.06. The van der Waals surface area contributed by atoms with Crippen molar-refractivity contribution in [3.05, 3.63) is 35.4 Å². The Bertz CT molecular complexity index is 456. The van der Waals surface area contributed by atoms with Crippen LogP contribution in [0, 0.1) is 23.5 Å². The van der Waals surface area contributed by atoms with Gasteiger partial charge in [-0.05, 0) is 53.9 Å². The van der Waals surface area contributed by atoms with E-state index in [1.165, 1.54) is 12.1 Å². The Labute approximate surface area is 119 Å². The van der Waals surface area contributed by atoms with E-state index in [2.05, 4.69) is 6.92 Å². The monoisotopic (exact) mass is 286 g/mol. The molecule has 0 N–H and O–H groups in total. The van der Waals surface area contributed by atoms with Crippen molar-refractivity contribution in [1.82, 2.24) is 0 Å². The highest BCUT2D eigenvalue weighted by Crippen LogP contribution is 2.45. The van der Waals surface area contributed by atoms with E-state index >= 15 is 0 Å². The zero-order chi connectivity index (χ0) is 14.2. The van der Waals surface area contributed by atoms with Crippen LogP contribution in [0.5, 0.6) is 0 Å². The Balaban J connectivity index is 2.33. The van der Waals surface area contributed by atoms with Crippen molar-refractivity contribution >= 4 is 11.6 Å². The van der Waals surface area contributed by atoms with E-state index in [1.54, 1.807) is 0 Å². The van der Waals surface area contributed by atoms with Crippen LogP contribution in [0.2, 0.25) is 0 Å². The first kappa shape index (κ1) is 14.8. The Hall–Kier alpha value is -0.630. The van der Waals surface area contributed by atoms with E-state index in [0.717, 1.165) is 25.3 Å². The molecule has 1 aromatic carbocycles. The van der Waals surface area contributed by atoms with Crippen molar-refractivity contribution in [2.24, 2.45) is 11.8 Å². The summed E-state index contributed by atoms with van der Waals surface area (Å²) in [5.41, 5.74) is -0.00338. The lowest BCUT2D eigenvalue weighted by Crippen LogP contribution is -2.39. The third-order valence-electron chi connectivity index (χ3n) is 4.58. The van der Waals surface area contributed by atoms with E-state index in [1.807, 2.05) is 13.8 Å². The molecule has 3 heteroatoms. The van der Waals surface area contributed by atoms with Crippen molar-refractivity contribution in [2.45, 2.75) is 50.8 Å². The number of halogens is 3. The van der Waals surface area contributed by atoms with Gasteiger partial charge in [-0.1, -0.05) is 27.2 Å². The second-order valence-electron chi connectivity index (χ2n) is 6.39. The lowest BCUT2D eigenvalue weighted by atomic mass is 9.65. The molecule has 0 bridgehead atoms. The van der Waals surface area contributed by atoms with Gasteiger partial charge in [-0.3, -0.25) is 0 Å². The Kier molecular flexibility index (Phi) is 4.20. The van der Waals surface area contributed by atoms with Crippen LogP contribution in [-0.2, 0) is 5.41 Å². The van der Waals surface area contributed by atoms with Crippen LogP contribution in [0.4, 0.5) is 8.78 Å². The maximum atomic E-state index is 14.0. The predicted octanol–water partition coefficient (Wildman–Crippen LogP) is 5.29. The highest BCUT2D eigenvalue weighted by atomic mass is 35.5. The van der Waals surface area contributed by atoms with E-state index in [4.69, 9.17) is 11.6 Å². The molecule has 0 nitrogen and oxygen atoms in total. The van der Waals surface area contributed by atoms with Gasteiger partial charge >= 0.3 is 0 Å². The summed E-state index contributed by atoms with van der Waals surface area (Å²) < 4.78 is 27.4. The van der Waals surface area contributed by atoms with Crippen molar-refractivity contribution in [1.29, 1.82) is 0 Å². The van der Waals surface area contributed by atoms with E-state index in [0.29, 0.717) is 11.5 Å². The minimum absolute atomic E-state index is 0.0291. The van der Waals surface area contributed by atoms with Gasteiger partial charge in [0.15, 0.2) is 0 Å². The number of alkyl halides is 1. The van der Waals surface area contributed by atoms with Gasteiger partial charge in [0.05, 0.1) is 0 Å².